The molecule has 0 aliphatic rings. The molecule has 0 atom stereocenters. The number of carboxylic acid groups (broad SMARTS) is 1. The van der Waals surface area contributed by atoms with Gasteiger partial charge in [0, 0.05) is 13.2 Å². The molecule has 0 aromatic carbocycles. The van der Waals surface area contributed by atoms with Crippen LogP contribution in [0.1, 0.15) is 30.7 Å². The number of aliphatic hydroxyl groups is 1. The van der Waals surface area contributed by atoms with Gasteiger partial charge in [-0.25, -0.2) is 13.1 Å². The lowest BCUT2D eigenvalue weighted by Gasteiger charge is -2.07. The van der Waals surface area contributed by atoms with E-state index in [1.165, 1.54) is 4.68 Å². The van der Waals surface area contributed by atoms with E-state index in [4.69, 9.17) is 10.2 Å². The first kappa shape index (κ1) is 17.6. The lowest BCUT2D eigenvalue weighted by atomic mass is 10.3. The van der Waals surface area contributed by atoms with Crippen molar-refractivity contribution in [1.82, 2.24) is 14.5 Å². The summed E-state index contributed by atoms with van der Waals surface area (Å²) >= 11 is 0. The van der Waals surface area contributed by atoms with Gasteiger partial charge in [-0.1, -0.05) is 0 Å². The second-order valence-electron chi connectivity index (χ2n) is 4.70. The quantitative estimate of drug-likeness (QED) is 0.552. The van der Waals surface area contributed by atoms with Gasteiger partial charge >= 0.3 is 5.97 Å². The molecule has 0 unspecified atom stereocenters. The summed E-state index contributed by atoms with van der Waals surface area (Å²) in [5, 5.41) is 21.4. The Kier molecular flexibility index (Phi) is 6.31. The highest BCUT2D eigenvalue weighted by Gasteiger charge is 2.24. The summed E-state index contributed by atoms with van der Waals surface area (Å²) in [6.45, 7) is 3.56. The van der Waals surface area contributed by atoms with Gasteiger partial charge in [0.1, 0.15) is 4.90 Å². The first-order valence-electron chi connectivity index (χ1n) is 6.66. The first-order chi connectivity index (χ1) is 9.79. The van der Waals surface area contributed by atoms with Gasteiger partial charge in [0.25, 0.3) is 0 Å². The van der Waals surface area contributed by atoms with Crippen molar-refractivity contribution in [2.24, 2.45) is 0 Å². The van der Waals surface area contributed by atoms with Crippen LogP contribution in [0.3, 0.4) is 0 Å². The van der Waals surface area contributed by atoms with Gasteiger partial charge in [-0.2, -0.15) is 5.10 Å². The standard InChI is InChI=1S/C12H21N3O5S/c1-9-12(21(19,20)13-6-3-4-8-16)10(2)15(14-9)7-5-11(17)18/h13,16H,3-8H2,1-2H3,(H,17,18). The number of nitrogens with zero attached hydrogens (tertiary/aromatic N) is 2. The van der Waals surface area contributed by atoms with E-state index in [1.54, 1.807) is 13.8 Å². The molecule has 0 radical (unpaired) electrons. The maximum absolute atomic E-state index is 12.2. The minimum absolute atomic E-state index is 0.0207. The van der Waals surface area contributed by atoms with E-state index in [-0.39, 0.29) is 31.0 Å². The van der Waals surface area contributed by atoms with Crippen molar-refractivity contribution in [2.75, 3.05) is 13.2 Å². The molecule has 1 heterocycles. The smallest absolute Gasteiger partial charge is 0.305 e. The number of hydrogen-bond acceptors (Lipinski definition) is 5. The Morgan fingerprint density at radius 1 is 1.33 bits per heavy atom. The molecule has 21 heavy (non-hydrogen) atoms. The summed E-state index contributed by atoms with van der Waals surface area (Å²) in [5.41, 5.74) is 0.760. The van der Waals surface area contributed by atoms with Gasteiger partial charge in [0.2, 0.25) is 10.0 Å². The maximum Gasteiger partial charge on any atom is 0.305 e. The Bertz CT molecular complexity index is 594. The number of aromatic nitrogens is 2. The Morgan fingerprint density at radius 3 is 2.57 bits per heavy atom. The number of aliphatic hydroxyl groups excluding tert-OH is 1. The molecule has 0 amide bonds. The van der Waals surface area contributed by atoms with Crippen molar-refractivity contribution >= 4 is 16.0 Å². The molecule has 120 valence electrons. The van der Waals surface area contributed by atoms with Crippen molar-refractivity contribution in [3.05, 3.63) is 11.4 Å². The van der Waals surface area contributed by atoms with E-state index in [0.29, 0.717) is 24.2 Å². The zero-order valence-electron chi connectivity index (χ0n) is 12.2. The van der Waals surface area contributed by atoms with Gasteiger partial charge in [-0.3, -0.25) is 9.48 Å². The van der Waals surface area contributed by atoms with Crippen molar-refractivity contribution in [1.29, 1.82) is 0 Å². The highest BCUT2D eigenvalue weighted by atomic mass is 32.2. The van der Waals surface area contributed by atoms with Crippen LogP contribution in [0.25, 0.3) is 0 Å². The maximum atomic E-state index is 12.2. The number of unbranched alkanes of at least 4 members (excludes halogenated alkanes) is 1. The average Bonchev–Trinajstić information content (AvgIpc) is 2.67. The number of hydrogen-bond donors (Lipinski definition) is 3. The Hall–Kier alpha value is -1.45. The van der Waals surface area contributed by atoms with Gasteiger partial charge in [0.15, 0.2) is 0 Å². The van der Waals surface area contributed by atoms with Crippen molar-refractivity contribution in [3.8, 4) is 0 Å². The molecule has 0 fully saturated rings. The summed E-state index contributed by atoms with van der Waals surface area (Å²) < 4.78 is 28.3. The largest absolute Gasteiger partial charge is 0.481 e. The van der Waals surface area contributed by atoms with Gasteiger partial charge in [-0.05, 0) is 26.7 Å². The van der Waals surface area contributed by atoms with E-state index in [1.807, 2.05) is 0 Å². The lowest BCUT2D eigenvalue weighted by Crippen LogP contribution is -2.26. The predicted octanol–water partition coefficient (Wildman–Crippen LogP) is 0.0254. The van der Waals surface area contributed by atoms with E-state index in [9.17, 15) is 13.2 Å². The normalized spacial score (nSPS) is 11.8. The lowest BCUT2D eigenvalue weighted by molar-refractivity contribution is -0.137. The van der Waals surface area contributed by atoms with Gasteiger partial charge in [0.05, 0.1) is 24.4 Å². The zero-order chi connectivity index (χ0) is 16.0. The topological polar surface area (TPSA) is 122 Å². The number of sulfonamides is 1. The summed E-state index contributed by atoms with van der Waals surface area (Å²) in [4.78, 5) is 10.7. The summed E-state index contributed by atoms with van der Waals surface area (Å²) in [6, 6.07) is 0. The second kappa shape index (κ2) is 7.53. The minimum Gasteiger partial charge on any atom is -0.481 e. The molecule has 1 aromatic heterocycles. The molecule has 0 aliphatic heterocycles. The SMILES string of the molecule is Cc1nn(CCC(=O)O)c(C)c1S(=O)(=O)NCCCCO. The molecule has 0 aliphatic carbocycles. The highest BCUT2D eigenvalue weighted by molar-refractivity contribution is 7.89. The van der Waals surface area contributed by atoms with Gasteiger partial charge < -0.3 is 10.2 Å². The van der Waals surface area contributed by atoms with Crippen LogP contribution in [0.5, 0.6) is 0 Å². The van der Waals surface area contributed by atoms with Crippen LogP contribution in [-0.2, 0) is 21.4 Å². The van der Waals surface area contributed by atoms with Crippen LogP contribution in [0.4, 0.5) is 0 Å². The fourth-order valence-electron chi connectivity index (χ4n) is 2.00. The van der Waals surface area contributed by atoms with Crippen molar-refractivity contribution in [2.45, 2.75) is 44.6 Å². The molecule has 3 N–H and O–H groups in total. The van der Waals surface area contributed by atoms with E-state index >= 15 is 0 Å². The third kappa shape index (κ3) is 4.80. The zero-order valence-corrected chi connectivity index (χ0v) is 13.0. The second-order valence-corrected chi connectivity index (χ2v) is 6.40. The molecule has 1 rings (SSSR count). The number of nitrogens with one attached hydrogen (secondary N) is 1. The molecule has 0 saturated heterocycles. The molecular weight excluding hydrogens is 298 g/mol. The fraction of sp³-hybridized carbons (Fsp3) is 0.667. The first-order valence-corrected chi connectivity index (χ1v) is 8.14. The summed E-state index contributed by atoms with van der Waals surface area (Å²) in [5.74, 6) is -0.964. The fourth-order valence-corrected chi connectivity index (χ4v) is 3.49. The average molecular weight is 319 g/mol. The molecule has 8 nitrogen and oxygen atoms in total. The van der Waals surface area contributed by atoms with E-state index in [2.05, 4.69) is 9.82 Å². The molecule has 9 heteroatoms. The van der Waals surface area contributed by atoms with Gasteiger partial charge in [-0.15, -0.1) is 0 Å². The number of carbonyl (C=O) groups is 1. The van der Waals surface area contributed by atoms with Crippen LogP contribution < -0.4 is 4.72 Å². The molecular formula is C12H21N3O5S. The Labute approximate surface area is 123 Å². The minimum atomic E-state index is -3.68. The third-order valence-electron chi connectivity index (χ3n) is 3.00. The molecule has 0 spiro atoms. The summed E-state index contributed by atoms with van der Waals surface area (Å²) in [7, 11) is -3.68. The van der Waals surface area contributed by atoms with E-state index in [0.717, 1.165) is 0 Å². The highest BCUT2D eigenvalue weighted by Crippen LogP contribution is 2.19. The number of aliphatic carboxylic acids is 1. The van der Waals surface area contributed by atoms with E-state index < -0.39 is 16.0 Å². The monoisotopic (exact) mass is 319 g/mol. The molecule has 0 saturated carbocycles. The number of aryl methyl sites for hydroxylation is 2. The Balaban J connectivity index is 2.88. The van der Waals surface area contributed by atoms with Crippen LogP contribution in [0.15, 0.2) is 4.90 Å². The molecule has 1 aromatic rings. The number of carboxylic acids is 1. The van der Waals surface area contributed by atoms with Crippen LogP contribution in [0.2, 0.25) is 0 Å². The van der Waals surface area contributed by atoms with Crippen molar-refractivity contribution in [3.63, 3.8) is 0 Å². The van der Waals surface area contributed by atoms with Crippen LogP contribution in [0, 0.1) is 13.8 Å². The summed E-state index contributed by atoms with van der Waals surface area (Å²) in [6.07, 6.45) is 0.949. The Morgan fingerprint density at radius 2 is 2.00 bits per heavy atom. The van der Waals surface area contributed by atoms with Crippen molar-refractivity contribution < 1.29 is 23.4 Å². The third-order valence-corrected chi connectivity index (χ3v) is 4.71. The predicted molar refractivity (Wildman–Crippen MR) is 75.5 cm³/mol. The number of rotatable bonds is 9. The molecule has 0 bridgehead atoms. The van der Waals surface area contributed by atoms with Crippen LogP contribution >= 0.6 is 0 Å². The van der Waals surface area contributed by atoms with Crippen LogP contribution in [-0.4, -0.2) is 47.5 Å².